The Morgan fingerprint density at radius 2 is 1.63 bits per heavy atom. The van der Waals surface area contributed by atoms with Crippen LogP contribution < -0.4 is 4.72 Å². The molecular weight excluding hydrogens is 697 g/mol. The van der Waals surface area contributed by atoms with Crippen molar-refractivity contribution in [1.82, 2.24) is 19.5 Å². The van der Waals surface area contributed by atoms with Gasteiger partial charge in [-0.05, 0) is 56.7 Å². The van der Waals surface area contributed by atoms with Crippen molar-refractivity contribution >= 4 is 22.1 Å². The van der Waals surface area contributed by atoms with Gasteiger partial charge >= 0.3 is 12.3 Å². The molecule has 14 nitrogen and oxygen atoms in total. The summed E-state index contributed by atoms with van der Waals surface area (Å²) in [4.78, 5) is 29.6. The molecule has 0 saturated carbocycles. The second-order valence-electron chi connectivity index (χ2n) is 11.5. The van der Waals surface area contributed by atoms with Crippen LogP contribution >= 0.6 is 0 Å². The molecule has 18 heteroatoms. The number of alkyl halides is 3. The number of benzene rings is 3. The van der Waals surface area contributed by atoms with Crippen LogP contribution in [0.1, 0.15) is 37.6 Å². The molecule has 272 valence electrons. The van der Waals surface area contributed by atoms with E-state index in [2.05, 4.69) is 10.4 Å². The normalized spacial score (nSPS) is 13.3. The van der Waals surface area contributed by atoms with Gasteiger partial charge in [0.05, 0.1) is 34.4 Å². The highest BCUT2D eigenvalue weighted by Gasteiger charge is 2.36. The summed E-state index contributed by atoms with van der Waals surface area (Å²) in [6.07, 6.45) is -7.80. The van der Waals surface area contributed by atoms with Crippen LogP contribution in [0, 0.1) is 12.1 Å². The van der Waals surface area contributed by atoms with Crippen LogP contribution in [0.4, 0.5) is 18.0 Å². The highest BCUT2D eigenvalue weighted by atomic mass is 32.2. The van der Waals surface area contributed by atoms with Gasteiger partial charge < -0.3 is 14.7 Å². The first-order chi connectivity index (χ1) is 23.9. The van der Waals surface area contributed by atoms with E-state index in [1.165, 1.54) is 19.1 Å². The average molecular weight is 733 g/mol. The molecule has 0 radical (unpaired) electrons. The van der Waals surface area contributed by atoms with Gasteiger partial charge in [-0.1, -0.05) is 60.2 Å². The summed E-state index contributed by atoms with van der Waals surface area (Å²) in [6.45, 7) is 6.28. The predicted octanol–water partition coefficient (Wildman–Crippen LogP) is 5.93. The number of rotatable bonds is 13. The number of carbonyl (C=O) groups excluding carboxylic acids is 2. The van der Waals surface area contributed by atoms with Gasteiger partial charge in [-0.25, -0.2) is 22.6 Å². The quantitative estimate of drug-likeness (QED) is 0.0572. The van der Waals surface area contributed by atoms with E-state index in [-0.39, 0.29) is 22.8 Å². The number of sulfonamides is 1. The maximum Gasteiger partial charge on any atom is 0.511 e. The molecule has 4 rings (SSSR count). The van der Waals surface area contributed by atoms with Gasteiger partial charge in [0.2, 0.25) is 5.28 Å². The second kappa shape index (κ2) is 15.9. The van der Waals surface area contributed by atoms with E-state index in [1.54, 1.807) is 68.4 Å². The molecule has 1 heterocycles. The molecule has 51 heavy (non-hydrogen) atoms. The molecule has 0 aliphatic heterocycles. The van der Waals surface area contributed by atoms with E-state index >= 15 is 0 Å². The van der Waals surface area contributed by atoms with Crippen molar-refractivity contribution in [2.45, 2.75) is 63.6 Å². The fraction of sp³-hybridized carbons (Fsp3) is 0.303. The summed E-state index contributed by atoms with van der Waals surface area (Å²) in [6, 6.07) is 19.3. The largest absolute Gasteiger partial charge is 0.569 e. The number of aromatic nitrogens is 2. The molecule has 0 aliphatic rings. The Bertz CT molecular complexity index is 1950. The van der Waals surface area contributed by atoms with Gasteiger partial charge in [-0.15, -0.1) is 5.01 Å². The van der Waals surface area contributed by atoms with E-state index in [1.807, 2.05) is 11.6 Å². The zero-order valence-electron chi connectivity index (χ0n) is 28.1. The van der Waals surface area contributed by atoms with Gasteiger partial charge in [0.25, 0.3) is 22.2 Å². The minimum atomic E-state index is -4.74. The van der Waals surface area contributed by atoms with Gasteiger partial charge in [-0.2, -0.15) is 18.3 Å². The molecule has 1 aromatic heterocycles. The van der Waals surface area contributed by atoms with Crippen molar-refractivity contribution in [3.63, 3.8) is 0 Å². The molecule has 2 atom stereocenters. The first kappa shape index (κ1) is 38.2. The lowest BCUT2D eigenvalue weighted by atomic mass is 10.1. The number of amides is 1. The SMILES string of the molecule is Cc1ccc(-c2cc(C(F)(F)F)nn2-c2ccc(S(=O)(=O)NC(=O)[C@H](Cc3ccccc3)N(C)/[N+]([O-])=N/OC(C)OC(=O)OC(C)C)cc2)cc1. The van der Waals surface area contributed by atoms with Crippen LogP contribution in [-0.2, 0) is 41.7 Å². The van der Waals surface area contributed by atoms with Gasteiger partial charge in [0, 0.05) is 18.9 Å². The van der Waals surface area contributed by atoms with Crippen LogP contribution in [0.5, 0.6) is 0 Å². The van der Waals surface area contributed by atoms with Gasteiger partial charge in [0.1, 0.15) is 0 Å². The van der Waals surface area contributed by atoms with E-state index < -0.39 is 57.3 Å². The van der Waals surface area contributed by atoms with Crippen molar-refractivity contribution in [3.05, 3.63) is 107 Å². The van der Waals surface area contributed by atoms with Crippen LogP contribution in [0.25, 0.3) is 16.9 Å². The van der Waals surface area contributed by atoms with Crippen molar-refractivity contribution in [2.75, 3.05) is 7.05 Å². The van der Waals surface area contributed by atoms with Crippen molar-refractivity contribution in [3.8, 4) is 16.9 Å². The van der Waals surface area contributed by atoms with E-state index in [4.69, 9.17) is 14.3 Å². The molecule has 1 unspecified atom stereocenters. The Morgan fingerprint density at radius 3 is 2.22 bits per heavy atom. The third-order valence-electron chi connectivity index (χ3n) is 7.13. The maximum atomic E-state index is 13.6. The summed E-state index contributed by atoms with van der Waals surface area (Å²) >= 11 is 0. The molecule has 4 aromatic rings. The van der Waals surface area contributed by atoms with Crippen molar-refractivity contribution in [2.24, 2.45) is 5.28 Å². The number of carbonyl (C=O) groups is 2. The second-order valence-corrected chi connectivity index (χ2v) is 13.2. The zero-order chi connectivity index (χ0) is 37.5. The van der Waals surface area contributed by atoms with Crippen molar-refractivity contribution < 1.29 is 50.5 Å². The van der Waals surface area contributed by atoms with E-state index in [9.17, 15) is 36.4 Å². The molecule has 0 saturated heterocycles. The Hall–Kier alpha value is -5.65. The molecular formula is C33H35F3N6O8S. The van der Waals surface area contributed by atoms with Gasteiger partial charge in [0.15, 0.2) is 11.7 Å². The number of hydrogen-bond acceptors (Lipinski definition) is 10. The Kier molecular flexibility index (Phi) is 11.9. The summed E-state index contributed by atoms with van der Waals surface area (Å²) in [5.74, 6) is -1.12. The number of nitrogens with zero attached hydrogens (tertiary/aromatic N) is 5. The molecule has 0 spiro atoms. The minimum Gasteiger partial charge on any atom is -0.569 e. The van der Waals surface area contributed by atoms with Crippen molar-refractivity contribution in [1.29, 1.82) is 0 Å². The number of hydrogen-bond donors (Lipinski definition) is 1. The number of nitrogens with one attached hydrogen (secondary N) is 1. The van der Waals surface area contributed by atoms with Crippen LogP contribution in [0.2, 0.25) is 0 Å². The number of halogens is 3. The zero-order valence-corrected chi connectivity index (χ0v) is 28.9. The van der Waals surface area contributed by atoms with Crippen LogP contribution in [0.15, 0.2) is 95.1 Å². The monoisotopic (exact) mass is 732 g/mol. The molecule has 0 fully saturated rings. The molecule has 0 aliphatic carbocycles. The Labute approximate surface area is 291 Å². The lowest BCUT2D eigenvalue weighted by Gasteiger charge is -2.23. The highest BCUT2D eigenvalue weighted by molar-refractivity contribution is 7.90. The lowest BCUT2D eigenvalue weighted by Crippen LogP contribution is -2.50. The Balaban J connectivity index is 1.57. The fourth-order valence-electron chi connectivity index (χ4n) is 4.56. The molecule has 3 aromatic carbocycles. The maximum absolute atomic E-state index is 13.6. The van der Waals surface area contributed by atoms with Gasteiger partial charge in [-0.3, -0.25) is 9.63 Å². The van der Waals surface area contributed by atoms with Crippen LogP contribution in [0.3, 0.4) is 0 Å². The number of ether oxygens (including phenoxy) is 2. The summed E-state index contributed by atoms with van der Waals surface area (Å²) in [5.41, 5.74) is 0.997. The topological polar surface area (TPSA) is 167 Å². The smallest absolute Gasteiger partial charge is 0.511 e. The predicted molar refractivity (Wildman–Crippen MR) is 175 cm³/mol. The lowest BCUT2D eigenvalue weighted by molar-refractivity contribution is -0.712. The standard InChI is InChI=1S/C33H35F3N6O8S/c1-21(2)48-32(44)49-23(4)50-39-42(45)40(5)29(19-24-9-7-6-8-10-24)31(43)38-51(46,47)27-17-15-26(16-18-27)41-28(20-30(37-41)33(34,35)36)25-13-11-22(3)12-14-25/h6-18,20-21,23,29H,19H2,1-5H3,(H,38,43)/b42-39-/t23?,29-/m0/s1. The highest BCUT2D eigenvalue weighted by Crippen LogP contribution is 2.33. The van der Waals surface area contributed by atoms with Crippen LogP contribution in [-0.4, -0.2) is 65.7 Å². The first-order valence-corrected chi connectivity index (χ1v) is 16.8. The third-order valence-corrected chi connectivity index (χ3v) is 8.49. The third kappa shape index (κ3) is 10.2. The van der Waals surface area contributed by atoms with E-state index in [0.717, 1.165) is 40.5 Å². The summed E-state index contributed by atoms with van der Waals surface area (Å²) in [7, 11) is -3.41. The molecule has 0 bridgehead atoms. The summed E-state index contributed by atoms with van der Waals surface area (Å²) < 4.78 is 80.3. The average Bonchev–Trinajstić information content (AvgIpc) is 3.52. The molecule has 1 N–H and O–H groups in total. The number of hydrazine groups is 1. The number of aryl methyl sites for hydroxylation is 1. The van der Waals surface area contributed by atoms with E-state index in [0.29, 0.717) is 11.1 Å². The Morgan fingerprint density at radius 1 is 1.00 bits per heavy atom. The fourth-order valence-corrected chi connectivity index (χ4v) is 5.58. The number of likely N-dealkylation sites (N-methyl/N-ethyl adjacent to an activating group) is 1. The first-order valence-electron chi connectivity index (χ1n) is 15.3. The molecule has 1 amide bonds. The summed E-state index contributed by atoms with van der Waals surface area (Å²) in [5, 5.41) is 20.6. The minimum absolute atomic E-state index is 0.117.